The van der Waals surface area contributed by atoms with E-state index in [0.29, 0.717) is 0 Å². The summed E-state index contributed by atoms with van der Waals surface area (Å²) in [4.78, 5) is 0. The Morgan fingerprint density at radius 3 is 0.615 bits per heavy atom. The molecular formula is C44H72Cl2Si4Zr2-2. The largest absolute Gasteiger partial charge is 1.00 e. The third-order valence-corrected chi connectivity index (χ3v) is 36.8. The summed E-state index contributed by atoms with van der Waals surface area (Å²) >= 11 is 0. The van der Waals surface area contributed by atoms with Crippen LogP contribution in [0.3, 0.4) is 0 Å². The molecule has 0 N–H and O–H groups in total. The molecule has 0 bridgehead atoms. The second-order valence-electron chi connectivity index (χ2n) is 17.4. The van der Waals surface area contributed by atoms with E-state index in [-0.39, 0.29) is 77.2 Å². The van der Waals surface area contributed by atoms with E-state index in [1.165, 1.54) is 75.5 Å². The molecular weight excluding hydrogens is 894 g/mol. The van der Waals surface area contributed by atoms with Crippen molar-refractivity contribution in [1.82, 2.24) is 0 Å². The van der Waals surface area contributed by atoms with Gasteiger partial charge >= 0.3 is 0 Å². The van der Waals surface area contributed by atoms with E-state index in [0.717, 1.165) is 0 Å². The van der Waals surface area contributed by atoms with Crippen LogP contribution in [0.25, 0.3) is 0 Å². The summed E-state index contributed by atoms with van der Waals surface area (Å²) in [6.07, 6.45) is 30.9. The predicted octanol–water partition coefficient (Wildman–Crippen LogP) is 8.70. The Bertz CT molecular complexity index is 1190. The fourth-order valence-electron chi connectivity index (χ4n) is 9.90. The fraction of sp³-hybridized carbons (Fsp3) is 0.636. The normalized spacial score (nSPS) is 24.2. The molecule has 0 aromatic rings. The summed E-state index contributed by atoms with van der Waals surface area (Å²) in [5.74, 6) is 0. The van der Waals surface area contributed by atoms with E-state index in [2.05, 4.69) is 104 Å². The molecule has 4 fully saturated rings. The van der Waals surface area contributed by atoms with Crippen LogP contribution in [0.2, 0.25) is 72.5 Å². The first-order chi connectivity index (χ1) is 23.1. The maximum Gasteiger partial charge on any atom is 0.0860 e. The van der Waals surface area contributed by atoms with Crippen molar-refractivity contribution in [3.8, 4) is 0 Å². The SMILES string of the molecule is CC[Si]1(C2=CCC(C)=C2)CCC1.CC[Si]1(C2=CCC(C)=C2)CCC1.CC[Si]1(C2=CCC(C)=C2)CCC1.CC[Si]1(C2=CCC(C)=C2)CCC1.[Cl-].[Cl-].[Zr].[Zr]. The molecule has 4 aliphatic carbocycles. The van der Waals surface area contributed by atoms with Gasteiger partial charge in [0.2, 0.25) is 0 Å². The van der Waals surface area contributed by atoms with E-state index < -0.39 is 32.3 Å². The standard InChI is InChI=1S/4C11H18Si.2ClH.2Zr/c4*1-3-12(7-4-8-12)11-6-5-10(2)9-11;;;;/h4*6,9H,3-5,7-8H2,1-2H3;2*1H;;/p-2. The Balaban J connectivity index is 0.000000338. The van der Waals surface area contributed by atoms with Crippen molar-refractivity contribution < 1.29 is 77.2 Å². The minimum Gasteiger partial charge on any atom is -1.00 e. The Hall–Kier alpha value is 1.13. The monoisotopic (exact) mass is 962 g/mol. The van der Waals surface area contributed by atoms with Crippen LogP contribution >= 0.6 is 0 Å². The molecule has 0 amide bonds. The Morgan fingerprint density at radius 2 is 0.538 bits per heavy atom. The minimum atomic E-state index is -0.841. The van der Waals surface area contributed by atoms with Gasteiger partial charge in [0, 0.05) is 52.4 Å². The van der Waals surface area contributed by atoms with Crippen molar-refractivity contribution in [2.45, 2.75) is 179 Å². The van der Waals surface area contributed by atoms with Gasteiger partial charge in [-0.1, -0.05) is 218 Å². The molecule has 0 aromatic heterocycles. The van der Waals surface area contributed by atoms with Crippen LogP contribution in [0.1, 0.15) is 107 Å². The second-order valence-corrected chi connectivity index (χ2v) is 36.7. The smallest absolute Gasteiger partial charge is 0.0860 e. The predicted molar refractivity (Wildman–Crippen MR) is 228 cm³/mol. The molecule has 0 radical (unpaired) electrons. The first-order valence-corrected chi connectivity index (χ1v) is 31.1. The maximum absolute atomic E-state index is 2.50. The summed E-state index contributed by atoms with van der Waals surface area (Å²) < 4.78 is 0. The first kappa shape index (κ1) is 51.2. The van der Waals surface area contributed by atoms with Crippen LogP contribution in [-0.2, 0) is 52.4 Å². The molecule has 52 heavy (non-hydrogen) atoms. The Labute approximate surface area is 376 Å². The molecule has 0 saturated carbocycles. The van der Waals surface area contributed by atoms with Crippen LogP contribution in [0.5, 0.6) is 0 Å². The summed E-state index contributed by atoms with van der Waals surface area (Å²) in [7, 11) is -3.36. The van der Waals surface area contributed by atoms with Gasteiger partial charge in [-0.05, 0) is 53.4 Å². The zero-order chi connectivity index (χ0) is 34.4. The maximum atomic E-state index is 2.50. The second kappa shape index (κ2) is 22.9. The molecule has 4 aliphatic heterocycles. The van der Waals surface area contributed by atoms with E-state index in [1.54, 1.807) is 91.4 Å². The first-order valence-electron chi connectivity index (χ1n) is 20.6. The van der Waals surface area contributed by atoms with Crippen molar-refractivity contribution in [1.29, 1.82) is 0 Å². The van der Waals surface area contributed by atoms with Crippen molar-refractivity contribution in [2.24, 2.45) is 0 Å². The molecule has 0 nitrogen and oxygen atoms in total. The van der Waals surface area contributed by atoms with Gasteiger partial charge in [0.1, 0.15) is 0 Å². The summed E-state index contributed by atoms with van der Waals surface area (Å²) in [5.41, 5.74) is 6.32. The van der Waals surface area contributed by atoms with Gasteiger partial charge in [0.15, 0.2) is 0 Å². The molecule has 4 saturated heterocycles. The van der Waals surface area contributed by atoms with Gasteiger partial charge in [-0.3, -0.25) is 0 Å². The molecule has 8 rings (SSSR count). The number of hydrogen-bond donors (Lipinski definition) is 0. The third kappa shape index (κ3) is 11.6. The average Bonchev–Trinajstić information content (AvgIpc) is 3.80. The van der Waals surface area contributed by atoms with Crippen LogP contribution in [0.4, 0.5) is 0 Å². The number of allylic oxidation sites excluding steroid dienone is 16. The van der Waals surface area contributed by atoms with E-state index in [9.17, 15) is 0 Å². The van der Waals surface area contributed by atoms with Crippen molar-refractivity contribution in [3.05, 3.63) is 91.7 Å². The van der Waals surface area contributed by atoms with Crippen molar-refractivity contribution in [3.63, 3.8) is 0 Å². The topological polar surface area (TPSA) is 0 Å². The Kier molecular flexibility index (Phi) is 22.5. The zero-order valence-corrected chi connectivity index (χ0v) is 44.9. The number of halogens is 2. The molecule has 8 heteroatoms. The molecule has 0 atom stereocenters. The van der Waals surface area contributed by atoms with Crippen LogP contribution in [0.15, 0.2) is 91.7 Å². The molecule has 4 heterocycles. The number of rotatable bonds is 8. The summed E-state index contributed by atoms with van der Waals surface area (Å²) in [6, 6.07) is 18.4. The van der Waals surface area contributed by atoms with Gasteiger partial charge in [-0.2, -0.15) is 0 Å². The van der Waals surface area contributed by atoms with Gasteiger partial charge in [-0.25, -0.2) is 0 Å². The quantitative estimate of drug-likeness (QED) is 0.214. The molecule has 0 unspecified atom stereocenters. The summed E-state index contributed by atoms with van der Waals surface area (Å²) in [6.45, 7) is 18.6. The molecule has 0 aromatic carbocycles. The van der Waals surface area contributed by atoms with Crippen LogP contribution < -0.4 is 24.8 Å². The zero-order valence-electron chi connectivity index (χ0n) is 34.5. The molecule has 8 aliphatic rings. The van der Waals surface area contributed by atoms with Crippen molar-refractivity contribution >= 4 is 32.3 Å². The minimum absolute atomic E-state index is 0. The van der Waals surface area contributed by atoms with E-state index >= 15 is 0 Å². The molecule has 288 valence electrons. The van der Waals surface area contributed by atoms with Gasteiger partial charge in [0.25, 0.3) is 0 Å². The van der Waals surface area contributed by atoms with E-state index in [4.69, 9.17) is 0 Å². The van der Waals surface area contributed by atoms with Crippen molar-refractivity contribution in [2.75, 3.05) is 0 Å². The van der Waals surface area contributed by atoms with Gasteiger partial charge < -0.3 is 24.8 Å². The average molecular weight is 967 g/mol. The van der Waals surface area contributed by atoms with Gasteiger partial charge in [0.05, 0.1) is 32.3 Å². The third-order valence-electron chi connectivity index (χ3n) is 14.6. The Morgan fingerprint density at radius 1 is 0.365 bits per heavy atom. The van der Waals surface area contributed by atoms with E-state index in [1.807, 2.05) is 0 Å². The van der Waals surface area contributed by atoms with Gasteiger partial charge in [-0.15, -0.1) is 0 Å². The van der Waals surface area contributed by atoms with Crippen LogP contribution in [-0.4, -0.2) is 32.3 Å². The molecule has 0 spiro atoms. The fourth-order valence-corrected chi connectivity index (χ4v) is 25.8. The number of hydrogen-bond acceptors (Lipinski definition) is 0. The summed E-state index contributed by atoms with van der Waals surface area (Å²) in [5, 5.41) is 7.14. The van der Waals surface area contributed by atoms with Crippen LogP contribution in [0, 0.1) is 0 Å².